The van der Waals surface area contributed by atoms with Crippen LogP contribution in [0.2, 0.25) is 0 Å². The second-order valence-corrected chi connectivity index (χ2v) is 4.58. The SMILES string of the molecule is CCCC(C(N)=S)N1C(=O)c2ccncc2C1=O. The fourth-order valence-corrected chi connectivity index (χ4v) is 2.28. The highest BCUT2D eigenvalue weighted by atomic mass is 32.1. The molecule has 1 aromatic rings. The summed E-state index contributed by atoms with van der Waals surface area (Å²) >= 11 is 4.95. The first-order valence-electron chi connectivity index (χ1n) is 5.69. The number of hydrogen-bond acceptors (Lipinski definition) is 4. The molecule has 2 heterocycles. The molecule has 0 aromatic carbocycles. The van der Waals surface area contributed by atoms with Gasteiger partial charge in [-0.15, -0.1) is 0 Å². The topological polar surface area (TPSA) is 76.3 Å². The van der Waals surface area contributed by atoms with Crippen molar-refractivity contribution in [3.05, 3.63) is 29.6 Å². The van der Waals surface area contributed by atoms with Crippen LogP contribution in [0.3, 0.4) is 0 Å². The largest absolute Gasteiger partial charge is 0.392 e. The molecule has 0 saturated heterocycles. The molecule has 2 amide bonds. The van der Waals surface area contributed by atoms with Crippen molar-refractivity contribution >= 4 is 29.0 Å². The lowest BCUT2D eigenvalue weighted by molar-refractivity contribution is 0.0621. The first kappa shape index (κ1) is 12.6. The quantitative estimate of drug-likeness (QED) is 0.651. The van der Waals surface area contributed by atoms with Gasteiger partial charge in [-0.2, -0.15) is 0 Å². The molecule has 1 aliphatic rings. The summed E-state index contributed by atoms with van der Waals surface area (Å²) in [4.78, 5) is 29.5. The van der Waals surface area contributed by atoms with E-state index in [9.17, 15) is 9.59 Å². The Bertz CT molecular complexity index is 495. The molecule has 1 aliphatic heterocycles. The van der Waals surface area contributed by atoms with E-state index >= 15 is 0 Å². The van der Waals surface area contributed by atoms with E-state index in [0.29, 0.717) is 17.5 Å². The van der Waals surface area contributed by atoms with E-state index in [4.69, 9.17) is 18.0 Å². The van der Waals surface area contributed by atoms with Gasteiger partial charge in [0.25, 0.3) is 11.8 Å². The van der Waals surface area contributed by atoms with Gasteiger partial charge in [-0.3, -0.25) is 19.5 Å². The number of hydrogen-bond donors (Lipinski definition) is 1. The number of fused-ring (bicyclic) bond motifs is 1. The monoisotopic (exact) mass is 263 g/mol. The predicted molar refractivity (Wildman–Crippen MR) is 70.2 cm³/mol. The first-order valence-corrected chi connectivity index (χ1v) is 6.10. The molecule has 2 rings (SSSR count). The van der Waals surface area contributed by atoms with E-state index in [1.807, 2.05) is 6.92 Å². The van der Waals surface area contributed by atoms with Gasteiger partial charge >= 0.3 is 0 Å². The van der Waals surface area contributed by atoms with Crippen LogP contribution in [-0.4, -0.2) is 32.7 Å². The van der Waals surface area contributed by atoms with Gasteiger partial charge in [-0.25, -0.2) is 0 Å². The molecule has 0 spiro atoms. The molecule has 0 aliphatic carbocycles. The van der Waals surface area contributed by atoms with E-state index in [-0.39, 0.29) is 16.8 Å². The van der Waals surface area contributed by atoms with Gasteiger partial charge in [0.15, 0.2) is 0 Å². The number of aromatic nitrogens is 1. The zero-order chi connectivity index (χ0) is 13.3. The highest BCUT2D eigenvalue weighted by molar-refractivity contribution is 7.80. The van der Waals surface area contributed by atoms with Crippen molar-refractivity contribution in [2.24, 2.45) is 5.73 Å². The molecule has 18 heavy (non-hydrogen) atoms. The lowest BCUT2D eigenvalue weighted by Crippen LogP contribution is -2.46. The average Bonchev–Trinajstić information content (AvgIpc) is 2.60. The Labute approximate surface area is 110 Å². The Morgan fingerprint density at radius 2 is 2.11 bits per heavy atom. The van der Waals surface area contributed by atoms with E-state index in [2.05, 4.69) is 4.98 Å². The fourth-order valence-electron chi connectivity index (χ4n) is 2.06. The van der Waals surface area contributed by atoms with Crippen LogP contribution in [-0.2, 0) is 0 Å². The van der Waals surface area contributed by atoms with Gasteiger partial charge in [0.05, 0.1) is 22.2 Å². The molecule has 1 atom stereocenters. The molecule has 0 fully saturated rings. The van der Waals surface area contributed by atoms with Crippen LogP contribution in [0.25, 0.3) is 0 Å². The zero-order valence-electron chi connectivity index (χ0n) is 9.92. The van der Waals surface area contributed by atoms with Crippen molar-refractivity contribution in [2.45, 2.75) is 25.8 Å². The smallest absolute Gasteiger partial charge is 0.263 e. The van der Waals surface area contributed by atoms with Crippen molar-refractivity contribution in [2.75, 3.05) is 0 Å². The third-order valence-corrected chi connectivity index (χ3v) is 3.19. The van der Waals surface area contributed by atoms with Gasteiger partial charge in [0.1, 0.15) is 0 Å². The second-order valence-electron chi connectivity index (χ2n) is 4.11. The van der Waals surface area contributed by atoms with Crippen molar-refractivity contribution in [3.8, 4) is 0 Å². The molecular weight excluding hydrogens is 250 g/mol. The first-order chi connectivity index (χ1) is 8.57. The molecule has 94 valence electrons. The molecule has 0 bridgehead atoms. The number of rotatable bonds is 4. The molecule has 0 radical (unpaired) electrons. The number of thiocarbonyl (C=S) groups is 1. The molecule has 0 saturated carbocycles. The van der Waals surface area contributed by atoms with Gasteiger partial charge in [0.2, 0.25) is 0 Å². The molecule has 1 aromatic heterocycles. The van der Waals surface area contributed by atoms with Crippen LogP contribution in [0.5, 0.6) is 0 Å². The van der Waals surface area contributed by atoms with E-state index in [1.54, 1.807) is 0 Å². The van der Waals surface area contributed by atoms with Crippen LogP contribution in [0.1, 0.15) is 40.5 Å². The van der Waals surface area contributed by atoms with Crippen LogP contribution < -0.4 is 5.73 Å². The summed E-state index contributed by atoms with van der Waals surface area (Å²) in [5, 5.41) is 0. The van der Waals surface area contributed by atoms with Crippen molar-refractivity contribution in [3.63, 3.8) is 0 Å². The third kappa shape index (κ3) is 1.88. The fraction of sp³-hybridized carbons (Fsp3) is 0.333. The molecule has 2 N–H and O–H groups in total. The third-order valence-electron chi connectivity index (χ3n) is 2.92. The Balaban J connectivity index is 2.41. The summed E-state index contributed by atoms with van der Waals surface area (Å²) in [6.45, 7) is 1.95. The maximum Gasteiger partial charge on any atom is 0.263 e. The van der Waals surface area contributed by atoms with E-state index < -0.39 is 6.04 Å². The normalized spacial score (nSPS) is 15.7. The summed E-state index contributed by atoms with van der Waals surface area (Å²) in [6, 6.07) is 1.02. The number of carbonyl (C=O) groups is 2. The minimum absolute atomic E-state index is 0.166. The van der Waals surface area contributed by atoms with E-state index in [0.717, 1.165) is 11.3 Å². The predicted octanol–water partition coefficient (Wildman–Crippen LogP) is 1.13. The number of pyridine rings is 1. The molecule has 6 heteroatoms. The van der Waals surface area contributed by atoms with Crippen molar-refractivity contribution in [1.29, 1.82) is 0 Å². The Morgan fingerprint density at radius 3 is 2.67 bits per heavy atom. The highest BCUT2D eigenvalue weighted by Gasteiger charge is 2.40. The standard InChI is InChI=1S/C12H13N3O2S/c1-2-3-9(10(13)18)15-11(16)7-4-5-14-6-8(7)12(15)17/h4-6,9H,2-3H2,1H3,(H2,13,18). The van der Waals surface area contributed by atoms with Gasteiger partial charge in [0, 0.05) is 12.4 Å². The van der Waals surface area contributed by atoms with Gasteiger partial charge in [-0.05, 0) is 12.5 Å². The van der Waals surface area contributed by atoms with Crippen LogP contribution in [0.15, 0.2) is 18.5 Å². The minimum atomic E-state index is -0.516. The number of carbonyl (C=O) groups excluding carboxylic acids is 2. The summed E-state index contributed by atoms with van der Waals surface area (Å²) in [5.41, 5.74) is 6.32. The highest BCUT2D eigenvalue weighted by Crippen LogP contribution is 2.25. The summed E-state index contributed by atoms with van der Waals surface area (Å²) in [7, 11) is 0. The lowest BCUT2D eigenvalue weighted by atomic mass is 10.1. The molecule has 5 nitrogen and oxygen atoms in total. The zero-order valence-corrected chi connectivity index (χ0v) is 10.7. The Hall–Kier alpha value is -1.82. The van der Waals surface area contributed by atoms with Gasteiger partial charge in [-0.1, -0.05) is 25.6 Å². The van der Waals surface area contributed by atoms with Gasteiger partial charge < -0.3 is 5.73 Å². The average molecular weight is 263 g/mol. The Kier molecular flexibility index (Phi) is 3.38. The Morgan fingerprint density at radius 1 is 1.44 bits per heavy atom. The summed E-state index contributed by atoms with van der Waals surface area (Å²) < 4.78 is 0. The maximum atomic E-state index is 12.2. The van der Waals surface area contributed by atoms with Crippen LogP contribution >= 0.6 is 12.2 Å². The number of amides is 2. The lowest BCUT2D eigenvalue weighted by Gasteiger charge is -2.24. The van der Waals surface area contributed by atoms with Crippen LogP contribution in [0.4, 0.5) is 0 Å². The maximum absolute atomic E-state index is 12.2. The van der Waals surface area contributed by atoms with E-state index in [1.165, 1.54) is 18.5 Å². The number of imide groups is 1. The summed E-state index contributed by atoms with van der Waals surface area (Å²) in [6.07, 6.45) is 4.25. The minimum Gasteiger partial charge on any atom is -0.392 e. The number of nitrogens with zero attached hydrogens (tertiary/aromatic N) is 2. The molecular formula is C12H13N3O2S. The molecule has 1 unspecified atom stereocenters. The number of nitrogens with two attached hydrogens (primary N) is 1. The van der Waals surface area contributed by atoms with Crippen molar-refractivity contribution in [1.82, 2.24) is 9.88 Å². The second kappa shape index (κ2) is 4.81. The summed E-state index contributed by atoms with van der Waals surface area (Å²) in [5.74, 6) is -0.710. The van der Waals surface area contributed by atoms with Crippen molar-refractivity contribution < 1.29 is 9.59 Å². The van der Waals surface area contributed by atoms with Crippen LogP contribution in [0, 0.1) is 0 Å².